The van der Waals surface area contributed by atoms with Gasteiger partial charge in [-0.1, -0.05) is 11.6 Å². The summed E-state index contributed by atoms with van der Waals surface area (Å²) in [5.74, 6) is 0. The molecular formula is C14H21ClN2O. The zero-order chi connectivity index (χ0) is 13.6. The van der Waals surface area contributed by atoms with Crippen LogP contribution in [-0.4, -0.2) is 22.2 Å². The van der Waals surface area contributed by atoms with Crippen LogP contribution in [0.3, 0.4) is 0 Å². The number of pyridine rings is 1. The molecule has 1 fully saturated rings. The lowest BCUT2D eigenvalue weighted by atomic mass is 9.94. The number of aromatic nitrogens is 1. The summed E-state index contributed by atoms with van der Waals surface area (Å²) in [6.45, 7) is 10.5. The fourth-order valence-corrected chi connectivity index (χ4v) is 2.79. The third kappa shape index (κ3) is 2.78. The summed E-state index contributed by atoms with van der Waals surface area (Å²) in [6, 6.07) is 2.25. The fraction of sp³-hybridized carbons (Fsp3) is 0.643. The second kappa shape index (κ2) is 4.39. The van der Waals surface area contributed by atoms with Crippen molar-refractivity contribution in [3.8, 4) is 0 Å². The van der Waals surface area contributed by atoms with Crippen LogP contribution in [0.2, 0.25) is 5.15 Å². The number of nitrogens with zero attached hydrogens (tertiary/aromatic N) is 1. The molecule has 0 amide bonds. The molecule has 2 heterocycles. The van der Waals surface area contributed by atoms with Crippen molar-refractivity contribution in [1.82, 2.24) is 4.98 Å². The van der Waals surface area contributed by atoms with Crippen LogP contribution in [-0.2, 0) is 4.74 Å². The number of hydrogen-bond donors (Lipinski definition) is 1. The molecule has 18 heavy (non-hydrogen) atoms. The second-order valence-electron chi connectivity index (χ2n) is 6.22. The summed E-state index contributed by atoms with van der Waals surface area (Å²) >= 11 is 6.12. The first kappa shape index (κ1) is 13.6. The molecule has 0 bridgehead atoms. The molecule has 4 heteroatoms. The fourth-order valence-electron chi connectivity index (χ4n) is 2.63. The van der Waals surface area contributed by atoms with E-state index in [-0.39, 0.29) is 17.2 Å². The van der Waals surface area contributed by atoms with E-state index in [1.807, 2.05) is 13.0 Å². The number of anilines is 1. The molecule has 0 radical (unpaired) electrons. The van der Waals surface area contributed by atoms with E-state index in [1.165, 1.54) is 0 Å². The van der Waals surface area contributed by atoms with Crippen molar-refractivity contribution in [1.29, 1.82) is 0 Å². The lowest BCUT2D eigenvalue weighted by Crippen LogP contribution is -2.38. The molecule has 100 valence electrons. The van der Waals surface area contributed by atoms with E-state index in [1.54, 1.807) is 6.20 Å². The molecule has 2 rings (SSSR count). The van der Waals surface area contributed by atoms with Crippen LogP contribution in [0.4, 0.5) is 5.69 Å². The minimum Gasteiger partial charge on any atom is -0.377 e. The zero-order valence-corrected chi connectivity index (χ0v) is 12.4. The van der Waals surface area contributed by atoms with E-state index in [4.69, 9.17) is 16.3 Å². The summed E-state index contributed by atoms with van der Waals surface area (Å²) in [7, 11) is 0. The van der Waals surface area contributed by atoms with Gasteiger partial charge in [0.05, 0.1) is 22.9 Å². The van der Waals surface area contributed by atoms with E-state index in [9.17, 15) is 0 Å². The Kier molecular flexibility index (Phi) is 3.32. The van der Waals surface area contributed by atoms with Crippen LogP contribution in [0.15, 0.2) is 12.3 Å². The van der Waals surface area contributed by atoms with Gasteiger partial charge >= 0.3 is 0 Å². The van der Waals surface area contributed by atoms with Crippen molar-refractivity contribution in [2.75, 3.05) is 5.32 Å². The molecule has 0 aromatic carbocycles. The zero-order valence-electron chi connectivity index (χ0n) is 11.7. The van der Waals surface area contributed by atoms with Crippen molar-refractivity contribution in [2.24, 2.45) is 0 Å². The summed E-state index contributed by atoms with van der Waals surface area (Å²) < 4.78 is 6.07. The summed E-state index contributed by atoms with van der Waals surface area (Å²) in [5, 5.41) is 3.99. The van der Waals surface area contributed by atoms with Gasteiger partial charge in [-0.3, -0.25) is 0 Å². The highest BCUT2D eigenvalue weighted by Gasteiger charge is 2.45. The Bertz CT molecular complexity index is 457. The molecular weight excluding hydrogens is 248 g/mol. The Morgan fingerprint density at radius 1 is 1.39 bits per heavy atom. The van der Waals surface area contributed by atoms with Gasteiger partial charge in [0.1, 0.15) is 0 Å². The normalized spacial score (nSPS) is 25.1. The predicted molar refractivity (Wildman–Crippen MR) is 75.3 cm³/mol. The maximum atomic E-state index is 6.12. The Labute approximate surface area is 114 Å². The van der Waals surface area contributed by atoms with Gasteiger partial charge < -0.3 is 10.1 Å². The van der Waals surface area contributed by atoms with Crippen molar-refractivity contribution in [3.05, 3.63) is 23.0 Å². The first-order valence-electron chi connectivity index (χ1n) is 6.28. The van der Waals surface area contributed by atoms with Crippen molar-refractivity contribution >= 4 is 17.3 Å². The summed E-state index contributed by atoms with van der Waals surface area (Å²) in [4.78, 5) is 4.17. The van der Waals surface area contributed by atoms with Gasteiger partial charge in [0.2, 0.25) is 0 Å². The maximum Gasteiger partial charge on any atom is 0.152 e. The van der Waals surface area contributed by atoms with Crippen LogP contribution in [0.5, 0.6) is 0 Å². The van der Waals surface area contributed by atoms with Gasteiger partial charge in [-0.25, -0.2) is 4.98 Å². The molecule has 1 aliphatic heterocycles. The summed E-state index contributed by atoms with van der Waals surface area (Å²) in [6.07, 6.45) is 2.72. The van der Waals surface area contributed by atoms with E-state index < -0.39 is 0 Å². The van der Waals surface area contributed by atoms with Crippen LogP contribution in [0.1, 0.15) is 39.7 Å². The largest absolute Gasteiger partial charge is 0.377 e. The SMILES string of the molecule is Cc1cnc(Cl)c(NC2CC(C)(C)OC2(C)C)c1. The smallest absolute Gasteiger partial charge is 0.152 e. The highest BCUT2D eigenvalue weighted by Crippen LogP contribution is 2.39. The lowest BCUT2D eigenvalue weighted by molar-refractivity contribution is -0.0662. The van der Waals surface area contributed by atoms with Gasteiger partial charge in [0.15, 0.2) is 5.15 Å². The van der Waals surface area contributed by atoms with Crippen molar-refractivity contribution in [3.63, 3.8) is 0 Å². The standard InChI is InChI=1S/C14H21ClN2O/c1-9-6-10(12(15)16-8-9)17-11-7-13(2,3)18-14(11,4)5/h6,8,11,17H,7H2,1-5H3. The third-order valence-corrected chi connectivity index (χ3v) is 3.68. The molecule has 1 aliphatic rings. The van der Waals surface area contributed by atoms with E-state index in [0.717, 1.165) is 17.7 Å². The van der Waals surface area contributed by atoms with Gasteiger partial charge in [0.25, 0.3) is 0 Å². The molecule has 0 saturated carbocycles. The van der Waals surface area contributed by atoms with Crippen LogP contribution >= 0.6 is 11.6 Å². The average Bonchev–Trinajstić information content (AvgIpc) is 2.40. The van der Waals surface area contributed by atoms with Crippen molar-refractivity contribution < 1.29 is 4.74 Å². The lowest BCUT2D eigenvalue weighted by Gasteiger charge is -2.28. The third-order valence-electron chi connectivity index (χ3n) is 3.38. The molecule has 1 aromatic heterocycles. The number of ether oxygens (including phenoxy) is 1. The van der Waals surface area contributed by atoms with E-state index >= 15 is 0 Å². The summed E-state index contributed by atoms with van der Waals surface area (Å²) in [5.41, 5.74) is 1.66. The minimum absolute atomic E-state index is 0.106. The molecule has 0 aliphatic carbocycles. The van der Waals surface area contributed by atoms with Crippen LogP contribution < -0.4 is 5.32 Å². The molecule has 1 aromatic rings. The number of hydrogen-bond acceptors (Lipinski definition) is 3. The van der Waals surface area contributed by atoms with Crippen molar-refractivity contribution in [2.45, 2.75) is 58.3 Å². The maximum absolute atomic E-state index is 6.12. The average molecular weight is 269 g/mol. The van der Waals surface area contributed by atoms with Gasteiger partial charge in [-0.05, 0) is 52.7 Å². The van der Waals surface area contributed by atoms with Crippen LogP contribution in [0, 0.1) is 6.92 Å². The monoisotopic (exact) mass is 268 g/mol. The molecule has 1 atom stereocenters. The Morgan fingerprint density at radius 3 is 2.61 bits per heavy atom. The molecule has 1 unspecified atom stereocenters. The highest BCUT2D eigenvalue weighted by atomic mass is 35.5. The molecule has 0 spiro atoms. The number of nitrogens with one attached hydrogen (secondary N) is 1. The highest BCUT2D eigenvalue weighted by molar-refractivity contribution is 6.32. The topological polar surface area (TPSA) is 34.2 Å². The van der Waals surface area contributed by atoms with E-state index in [0.29, 0.717) is 5.15 Å². The predicted octanol–water partition coefficient (Wildman–Crippen LogP) is 3.80. The Morgan fingerprint density at radius 2 is 2.06 bits per heavy atom. The second-order valence-corrected chi connectivity index (χ2v) is 6.58. The minimum atomic E-state index is -0.212. The molecule has 1 N–H and O–H groups in total. The number of aryl methyl sites for hydroxylation is 1. The molecule has 1 saturated heterocycles. The first-order valence-corrected chi connectivity index (χ1v) is 6.66. The Balaban J connectivity index is 2.21. The first-order chi connectivity index (χ1) is 8.20. The number of halogens is 1. The molecule has 3 nitrogen and oxygen atoms in total. The quantitative estimate of drug-likeness (QED) is 0.829. The Hall–Kier alpha value is -0.800. The van der Waals surface area contributed by atoms with E-state index in [2.05, 4.69) is 38.0 Å². The van der Waals surface area contributed by atoms with Gasteiger partial charge in [-0.15, -0.1) is 0 Å². The number of rotatable bonds is 2. The van der Waals surface area contributed by atoms with Gasteiger partial charge in [-0.2, -0.15) is 0 Å². The van der Waals surface area contributed by atoms with Crippen LogP contribution in [0.25, 0.3) is 0 Å². The van der Waals surface area contributed by atoms with Gasteiger partial charge in [0, 0.05) is 6.20 Å².